The van der Waals surface area contributed by atoms with Gasteiger partial charge in [-0.15, -0.1) is 0 Å². The van der Waals surface area contributed by atoms with Crippen molar-refractivity contribution in [3.63, 3.8) is 0 Å². The molecule has 35 heavy (non-hydrogen) atoms. The fourth-order valence-electron chi connectivity index (χ4n) is 5.17. The van der Waals surface area contributed by atoms with Crippen LogP contribution in [0.5, 0.6) is 0 Å². The number of amides is 2. The number of sulfone groups is 1. The zero-order valence-corrected chi connectivity index (χ0v) is 22.5. The number of alkyl carbamates (subject to hydrolysis) is 1. The molecule has 1 saturated heterocycles. The van der Waals surface area contributed by atoms with Gasteiger partial charge in [0.05, 0.1) is 11.0 Å². The Kier molecular flexibility index (Phi) is 9.21. The van der Waals surface area contributed by atoms with E-state index in [1.807, 2.05) is 35.2 Å². The van der Waals surface area contributed by atoms with Crippen LogP contribution in [0.1, 0.15) is 58.9 Å². The molecule has 196 valence electrons. The molecular weight excluding hydrogens is 466 g/mol. The molecule has 1 aliphatic carbocycles. The third-order valence-electron chi connectivity index (χ3n) is 7.61. The minimum Gasteiger partial charge on any atom is -0.445 e. The Morgan fingerprint density at radius 1 is 1.14 bits per heavy atom. The zero-order valence-electron chi connectivity index (χ0n) is 21.6. The fourth-order valence-corrected chi connectivity index (χ4v) is 6.51. The molecule has 1 aromatic carbocycles. The standard InChI is InChI=1S/C26H41N3O5S/c1-18(2)28(5)22-11-12-24(21(15-22)17-35(32,33)19(3)4)29-14-13-23(25(29)30)27-26(31)34-16-20-9-7-6-8-10-20/h6-10,18-19,21-24H,11-17H2,1-5H3,(H,27,31)/t21-,22+,23-,24-/m0/s1. The summed E-state index contributed by atoms with van der Waals surface area (Å²) in [5.74, 6) is -0.192. The summed E-state index contributed by atoms with van der Waals surface area (Å²) in [5.41, 5.74) is 0.874. The maximum absolute atomic E-state index is 13.3. The lowest BCUT2D eigenvalue weighted by Gasteiger charge is -2.44. The molecule has 2 fully saturated rings. The number of nitrogens with zero attached hydrogens (tertiary/aromatic N) is 2. The summed E-state index contributed by atoms with van der Waals surface area (Å²) in [6, 6.07) is 9.25. The Labute approximate surface area is 210 Å². The van der Waals surface area contributed by atoms with Gasteiger partial charge >= 0.3 is 6.09 Å². The molecule has 1 heterocycles. The van der Waals surface area contributed by atoms with Crippen LogP contribution in [0.25, 0.3) is 0 Å². The number of hydrogen-bond donors (Lipinski definition) is 1. The van der Waals surface area contributed by atoms with Crippen LogP contribution in [0.4, 0.5) is 4.79 Å². The van der Waals surface area contributed by atoms with Crippen molar-refractivity contribution >= 4 is 21.8 Å². The Hall–Kier alpha value is -2.13. The molecule has 8 nitrogen and oxygen atoms in total. The number of ether oxygens (including phenoxy) is 1. The van der Waals surface area contributed by atoms with Crippen LogP contribution >= 0.6 is 0 Å². The van der Waals surface area contributed by atoms with Gasteiger partial charge in [0, 0.05) is 24.7 Å². The van der Waals surface area contributed by atoms with Crippen LogP contribution in [-0.4, -0.2) is 79.0 Å². The van der Waals surface area contributed by atoms with Crippen LogP contribution in [-0.2, 0) is 26.0 Å². The van der Waals surface area contributed by atoms with E-state index in [1.54, 1.807) is 13.8 Å². The quantitative estimate of drug-likeness (QED) is 0.551. The van der Waals surface area contributed by atoms with Gasteiger partial charge in [0.2, 0.25) is 5.91 Å². The molecule has 0 unspecified atom stereocenters. The number of benzene rings is 1. The highest BCUT2D eigenvalue weighted by atomic mass is 32.2. The summed E-state index contributed by atoms with van der Waals surface area (Å²) in [7, 11) is -1.17. The molecule has 1 saturated carbocycles. The number of hydrogen-bond acceptors (Lipinski definition) is 6. The minimum atomic E-state index is -3.26. The van der Waals surface area contributed by atoms with E-state index in [0.29, 0.717) is 25.0 Å². The zero-order chi connectivity index (χ0) is 25.8. The minimum absolute atomic E-state index is 0.0821. The summed E-state index contributed by atoms with van der Waals surface area (Å²) < 4.78 is 31.0. The Balaban J connectivity index is 1.65. The van der Waals surface area contributed by atoms with Crippen molar-refractivity contribution in [1.82, 2.24) is 15.1 Å². The average molecular weight is 508 g/mol. The van der Waals surface area contributed by atoms with Gasteiger partial charge in [0.25, 0.3) is 0 Å². The number of rotatable bonds is 9. The fraction of sp³-hybridized carbons (Fsp3) is 0.692. The second-order valence-corrected chi connectivity index (χ2v) is 13.1. The second kappa shape index (κ2) is 11.7. The SMILES string of the molecule is CC(C)N(C)[C@@H]1CC[C@H](N2CC[C@H](NC(=O)OCc3ccccc3)C2=O)[C@H](CS(=O)(=O)C(C)C)C1. The van der Waals surface area contributed by atoms with Gasteiger partial charge in [0.15, 0.2) is 9.84 Å². The predicted molar refractivity (Wildman–Crippen MR) is 137 cm³/mol. The number of nitrogens with one attached hydrogen (secondary N) is 1. The van der Waals surface area contributed by atoms with Crippen molar-refractivity contribution in [2.75, 3.05) is 19.3 Å². The van der Waals surface area contributed by atoms with E-state index >= 15 is 0 Å². The molecule has 0 aromatic heterocycles. The van der Waals surface area contributed by atoms with E-state index < -0.39 is 27.2 Å². The summed E-state index contributed by atoms with van der Waals surface area (Å²) in [6.45, 7) is 8.36. The molecule has 3 rings (SSSR count). The van der Waals surface area contributed by atoms with Gasteiger partial charge in [-0.1, -0.05) is 30.3 Å². The largest absolute Gasteiger partial charge is 0.445 e. The van der Waals surface area contributed by atoms with Crippen LogP contribution in [0.2, 0.25) is 0 Å². The molecule has 1 N–H and O–H groups in total. The topological polar surface area (TPSA) is 96.0 Å². The van der Waals surface area contributed by atoms with E-state index in [4.69, 9.17) is 4.74 Å². The van der Waals surface area contributed by atoms with Crippen molar-refractivity contribution in [2.45, 2.75) is 89.4 Å². The van der Waals surface area contributed by atoms with Crippen molar-refractivity contribution in [3.8, 4) is 0 Å². The molecular formula is C26H41N3O5S. The van der Waals surface area contributed by atoms with Crippen LogP contribution in [0.15, 0.2) is 30.3 Å². The molecule has 9 heteroatoms. The van der Waals surface area contributed by atoms with Crippen molar-refractivity contribution in [3.05, 3.63) is 35.9 Å². The molecule has 2 amide bonds. The van der Waals surface area contributed by atoms with Crippen molar-refractivity contribution in [2.24, 2.45) is 5.92 Å². The first kappa shape index (κ1) is 27.5. The Morgan fingerprint density at radius 2 is 1.83 bits per heavy atom. The maximum atomic E-state index is 13.3. The number of carbonyl (C=O) groups is 2. The first-order chi connectivity index (χ1) is 16.5. The third kappa shape index (κ3) is 6.97. The van der Waals surface area contributed by atoms with E-state index in [9.17, 15) is 18.0 Å². The van der Waals surface area contributed by atoms with E-state index in [2.05, 4.69) is 31.1 Å². The van der Waals surface area contributed by atoms with Crippen molar-refractivity contribution in [1.29, 1.82) is 0 Å². The maximum Gasteiger partial charge on any atom is 0.408 e. The highest BCUT2D eigenvalue weighted by Crippen LogP contribution is 2.35. The van der Waals surface area contributed by atoms with E-state index in [-0.39, 0.29) is 30.2 Å². The molecule has 0 bridgehead atoms. The van der Waals surface area contributed by atoms with Gasteiger partial charge in [-0.2, -0.15) is 0 Å². The molecule has 4 atom stereocenters. The average Bonchev–Trinajstić information content (AvgIpc) is 3.17. The number of carbonyl (C=O) groups excluding carboxylic acids is 2. The Bertz CT molecular complexity index is 966. The van der Waals surface area contributed by atoms with E-state index in [0.717, 1.165) is 24.8 Å². The number of likely N-dealkylation sites (tertiary alicyclic amines) is 1. The highest BCUT2D eigenvalue weighted by Gasteiger charge is 2.44. The third-order valence-corrected chi connectivity index (χ3v) is 9.94. The van der Waals surface area contributed by atoms with Gasteiger partial charge in [0.1, 0.15) is 12.6 Å². The van der Waals surface area contributed by atoms with Gasteiger partial charge in [-0.3, -0.25) is 4.79 Å². The summed E-state index contributed by atoms with van der Waals surface area (Å²) in [5, 5.41) is 2.26. The van der Waals surface area contributed by atoms with Crippen LogP contribution < -0.4 is 5.32 Å². The summed E-state index contributed by atoms with van der Waals surface area (Å²) in [6.07, 6.45) is 2.30. The summed E-state index contributed by atoms with van der Waals surface area (Å²) in [4.78, 5) is 29.7. The molecule has 0 spiro atoms. The molecule has 0 radical (unpaired) electrons. The highest BCUT2D eigenvalue weighted by molar-refractivity contribution is 7.91. The van der Waals surface area contributed by atoms with Gasteiger partial charge in [-0.05, 0) is 71.9 Å². The second-order valence-electron chi connectivity index (χ2n) is 10.5. The van der Waals surface area contributed by atoms with Crippen LogP contribution in [0.3, 0.4) is 0 Å². The lowest BCUT2D eigenvalue weighted by molar-refractivity contribution is -0.133. The first-order valence-electron chi connectivity index (χ1n) is 12.7. The monoisotopic (exact) mass is 507 g/mol. The molecule has 1 aromatic rings. The normalized spacial score (nSPS) is 25.5. The summed E-state index contributed by atoms with van der Waals surface area (Å²) >= 11 is 0. The van der Waals surface area contributed by atoms with Crippen molar-refractivity contribution < 1.29 is 22.7 Å². The van der Waals surface area contributed by atoms with Gasteiger partial charge < -0.3 is 19.9 Å². The predicted octanol–water partition coefficient (Wildman–Crippen LogP) is 3.21. The molecule has 2 aliphatic rings. The lowest BCUT2D eigenvalue weighted by Crippen LogP contribution is -2.53. The smallest absolute Gasteiger partial charge is 0.408 e. The molecule has 1 aliphatic heterocycles. The Morgan fingerprint density at radius 3 is 2.46 bits per heavy atom. The first-order valence-corrected chi connectivity index (χ1v) is 14.4. The van der Waals surface area contributed by atoms with Crippen LogP contribution in [0, 0.1) is 5.92 Å². The lowest BCUT2D eigenvalue weighted by atomic mass is 9.81. The van der Waals surface area contributed by atoms with E-state index in [1.165, 1.54) is 0 Å². The van der Waals surface area contributed by atoms with Gasteiger partial charge in [-0.25, -0.2) is 13.2 Å².